The van der Waals surface area contributed by atoms with Crippen LogP contribution in [0.5, 0.6) is 5.75 Å². The van der Waals surface area contributed by atoms with E-state index in [-0.39, 0.29) is 24.4 Å². The molecule has 1 aliphatic rings. The molecule has 0 aromatic heterocycles. The second kappa shape index (κ2) is 8.90. The van der Waals surface area contributed by atoms with Gasteiger partial charge in [-0.3, -0.25) is 4.79 Å². The minimum atomic E-state index is -0.0683. The summed E-state index contributed by atoms with van der Waals surface area (Å²) in [4.78, 5) is 12.0. The molecule has 1 fully saturated rings. The molecule has 0 bridgehead atoms. The molecule has 1 aromatic rings. The van der Waals surface area contributed by atoms with Crippen molar-refractivity contribution >= 4 is 18.3 Å². The predicted molar refractivity (Wildman–Crippen MR) is 87.1 cm³/mol. The average Bonchev–Trinajstić information content (AvgIpc) is 3.30. The van der Waals surface area contributed by atoms with Gasteiger partial charge in [0, 0.05) is 18.2 Å². The minimum Gasteiger partial charge on any atom is -0.494 e. The molecule has 1 aliphatic carbocycles. The number of ether oxygens (including phenoxy) is 1. The normalized spacial score (nSPS) is 15.0. The van der Waals surface area contributed by atoms with Crippen LogP contribution >= 0.6 is 12.4 Å². The van der Waals surface area contributed by atoms with E-state index in [4.69, 9.17) is 10.5 Å². The monoisotopic (exact) mass is 312 g/mol. The molecule has 1 saturated carbocycles. The number of carbonyl (C=O) groups is 1. The molecule has 1 aromatic carbocycles. The Kier molecular flexibility index (Phi) is 7.54. The number of amides is 1. The Morgan fingerprint density at radius 3 is 2.62 bits per heavy atom. The molecule has 1 atom stereocenters. The van der Waals surface area contributed by atoms with Gasteiger partial charge in [-0.1, -0.05) is 13.3 Å². The number of carbonyl (C=O) groups excluding carboxylic acids is 1. The van der Waals surface area contributed by atoms with Crippen molar-refractivity contribution in [3.63, 3.8) is 0 Å². The molecule has 3 N–H and O–H groups in total. The number of unbranched alkanes of at least 4 members (excludes halogenated alkanes) is 1. The Hall–Kier alpha value is -1.26. The summed E-state index contributed by atoms with van der Waals surface area (Å²) in [7, 11) is 0. The van der Waals surface area contributed by atoms with Gasteiger partial charge in [-0.2, -0.15) is 0 Å². The fourth-order valence-electron chi connectivity index (χ4n) is 2.04. The van der Waals surface area contributed by atoms with E-state index in [0.29, 0.717) is 18.0 Å². The average molecular weight is 313 g/mol. The maximum atomic E-state index is 12.0. The van der Waals surface area contributed by atoms with E-state index >= 15 is 0 Å². The van der Waals surface area contributed by atoms with Gasteiger partial charge in [0.15, 0.2) is 0 Å². The van der Waals surface area contributed by atoms with E-state index in [1.165, 1.54) is 12.8 Å². The number of hydrogen-bond donors (Lipinski definition) is 2. The summed E-state index contributed by atoms with van der Waals surface area (Å²) >= 11 is 0. The Labute approximate surface area is 132 Å². The Bertz CT molecular complexity index is 432. The molecule has 1 amide bonds. The largest absolute Gasteiger partial charge is 0.494 e. The number of nitrogens with two attached hydrogens (primary N) is 1. The molecule has 0 heterocycles. The lowest BCUT2D eigenvalue weighted by Crippen LogP contribution is -2.38. The molecule has 0 spiro atoms. The molecule has 0 saturated heterocycles. The Morgan fingerprint density at radius 1 is 1.38 bits per heavy atom. The molecule has 2 rings (SSSR count). The van der Waals surface area contributed by atoms with Gasteiger partial charge in [0.05, 0.1) is 6.61 Å². The van der Waals surface area contributed by atoms with Gasteiger partial charge in [-0.25, -0.2) is 0 Å². The van der Waals surface area contributed by atoms with Crippen LogP contribution in [-0.4, -0.2) is 25.1 Å². The minimum absolute atomic E-state index is 0. The van der Waals surface area contributed by atoms with Crippen LogP contribution in [0.25, 0.3) is 0 Å². The third-order valence-electron chi connectivity index (χ3n) is 3.61. The fraction of sp³-hybridized carbons (Fsp3) is 0.562. The molecule has 0 radical (unpaired) electrons. The first-order valence-electron chi connectivity index (χ1n) is 7.47. The van der Waals surface area contributed by atoms with Crippen molar-refractivity contribution in [3.8, 4) is 5.75 Å². The van der Waals surface area contributed by atoms with Crippen molar-refractivity contribution in [2.24, 2.45) is 11.7 Å². The lowest BCUT2D eigenvalue weighted by atomic mass is 10.1. The van der Waals surface area contributed by atoms with E-state index in [1.807, 2.05) is 12.1 Å². The van der Waals surface area contributed by atoms with Gasteiger partial charge in [0.2, 0.25) is 0 Å². The molecule has 0 aliphatic heterocycles. The maximum Gasteiger partial charge on any atom is 0.251 e. The highest BCUT2D eigenvalue weighted by Crippen LogP contribution is 2.31. The van der Waals surface area contributed by atoms with E-state index < -0.39 is 0 Å². The van der Waals surface area contributed by atoms with Gasteiger partial charge < -0.3 is 15.8 Å². The quantitative estimate of drug-likeness (QED) is 0.725. The third-order valence-corrected chi connectivity index (χ3v) is 3.61. The smallest absolute Gasteiger partial charge is 0.251 e. The molecule has 118 valence electrons. The summed E-state index contributed by atoms with van der Waals surface area (Å²) in [6.45, 7) is 3.40. The SMILES string of the molecule is CCCCOc1ccc(C(=O)NCC(N)C2CC2)cc1.Cl. The predicted octanol–water partition coefficient (Wildman–Crippen LogP) is 2.75. The Balaban J connectivity index is 0.00000220. The number of rotatable bonds is 8. The summed E-state index contributed by atoms with van der Waals surface area (Å²) in [5.41, 5.74) is 6.61. The highest BCUT2D eigenvalue weighted by Gasteiger charge is 2.28. The molecule has 4 nitrogen and oxygen atoms in total. The molecule has 1 unspecified atom stereocenters. The number of benzene rings is 1. The maximum absolute atomic E-state index is 12.0. The van der Waals surface area contributed by atoms with Gasteiger partial charge in [-0.15, -0.1) is 12.4 Å². The number of halogens is 1. The van der Waals surface area contributed by atoms with Gasteiger partial charge >= 0.3 is 0 Å². The van der Waals surface area contributed by atoms with Crippen LogP contribution in [0.3, 0.4) is 0 Å². The molecule has 21 heavy (non-hydrogen) atoms. The molecular weight excluding hydrogens is 288 g/mol. The summed E-state index contributed by atoms with van der Waals surface area (Å²) in [5.74, 6) is 1.34. The summed E-state index contributed by atoms with van der Waals surface area (Å²) in [6, 6.07) is 7.35. The third kappa shape index (κ3) is 5.94. The van der Waals surface area contributed by atoms with Crippen molar-refractivity contribution in [1.82, 2.24) is 5.32 Å². The summed E-state index contributed by atoms with van der Waals surface area (Å²) in [5, 5.41) is 2.89. The van der Waals surface area contributed by atoms with E-state index in [2.05, 4.69) is 12.2 Å². The summed E-state index contributed by atoms with van der Waals surface area (Å²) < 4.78 is 5.57. The van der Waals surface area contributed by atoms with Crippen LogP contribution in [0.2, 0.25) is 0 Å². The standard InChI is InChI=1S/C16H24N2O2.ClH/c1-2-3-10-20-14-8-6-13(7-9-14)16(19)18-11-15(17)12-4-5-12;/h6-9,12,15H,2-5,10-11,17H2,1H3,(H,18,19);1H. The topological polar surface area (TPSA) is 64.3 Å². The van der Waals surface area contributed by atoms with Crippen molar-refractivity contribution < 1.29 is 9.53 Å². The van der Waals surface area contributed by atoms with Crippen molar-refractivity contribution in [1.29, 1.82) is 0 Å². The van der Waals surface area contributed by atoms with Gasteiger partial charge in [-0.05, 0) is 49.4 Å². The van der Waals surface area contributed by atoms with Crippen LogP contribution in [-0.2, 0) is 0 Å². The van der Waals surface area contributed by atoms with E-state index in [9.17, 15) is 4.79 Å². The second-order valence-electron chi connectivity index (χ2n) is 5.44. The first-order valence-corrected chi connectivity index (χ1v) is 7.47. The van der Waals surface area contributed by atoms with Crippen LogP contribution in [0.15, 0.2) is 24.3 Å². The molecule has 5 heteroatoms. The van der Waals surface area contributed by atoms with E-state index in [1.54, 1.807) is 12.1 Å². The lowest BCUT2D eigenvalue weighted by molar-refractivity contribution is 0.0950. The van der Waals surface area contributed by atoms with Gasteiger partial charge in [0.1, 0.15) is 5.75 Å². The first kappa shape index (κ1) is 17.8. The van der Waals surface area contributed by atoms with E-state index in [0.717, 1.165) is 25.2 Å². The van der Waals surface area contributed by atoms with Gasteiger partial charge in [0.25, 0.3) is 5.91 Å². The highest BCUT2D eigenvalue weighted by molar-refractivity contribution is 5.94. The fourth-order valence-corrected chi connectivity index (χ4v) is 2.04. The number of nitrogens with one attached hydrogen (secondary N) is 1. The van der Waals surface area contributed by atoms with Crippen LogP contribution in [0.4, 0.5) is 0 Å². The van der Waals surface area contributed by atoms with Crippen molar-refractivity contribution in [2.75, 3.05) is 13.2 Å². The molecular formula is C16H25ClN2O2. The van der Waals surface area contributed by atoms with Crippen LogP contribution < -0.4 is 15.8 Å². The first-order chi connectivity index (χ1) is 9.70. The zero-order valence-electron chi connectivity index (χ0n) is 12.5. The zero-order chi connectivity index (χ0) is 14.4. The van der Waals surface area contributed by atoms with Crippen molar-refractivity contribution in [2.45, 2.75) is 38.6 Å². The second-order valence-corrected chi connectivity index (χ2v) is 5.44. The van der Waals surface area contributed by atoms with Crippen LogP contribution in [0.1, 0.15) is 43.0 Å². The Morgan fingerprint density at radius 2 is 2.05 bits per heavy atom. The summed E-state index contributed by atoms with van der Waals surface area (Å²) in [6.07, 6.45) is 4.55. The highest BCUT2D eigenvalue weighted by atomic mass is 35.5. The number of hydrogen-bond acceptors (Lipinski definition) is 3. The van der Waals surface area contributed by atoms with Crippen LogP contribution in [0, 0.1) is 5.92 Å². The van der Waals surface area contributed by atoms with Crippen molar-refractivity contribution in [3.05, 3.63) is 29.8 Å². The lowest BCUT2D eigenvalue weighted by Gasteiger charge is -2.12. The zero-order valence-corrected chi connectivity index (χ0v) is 13.3.